The Morgan fingerprint density at radius 2 is 2.06 bits per heavy atom. The van der Waals surface area contributed by atoms with E-state index >= 15 is 0 Å². The summed E-state index contributed by atoms with van der Waals surface area (Å²) < 4.78 is 2.33. The van der Waals surface area contributed by atoms with Crippen LogP contribution in [0.3, 0.4) is 0 Å². The lowest BCUT2D eigenvalue weighted by atomic mass is 10.1. The summed E-state index contributed by atoms with van der Waals surface area (Å²) in [6, 6.07) is 8.65. The predicted octanol–water partition coefficient (Wildman–Crippen LogP) is 3.15. The highest BCUT2D eigenvalue weighted by Crippen LogP contribution is 2.18. The van der Waals surface area contributed by atoms with Gasteiger partial charge in [-0.25, -0.2) is 0 Å². The SMILES string of the molecule is CC(C)CCn1ccc2cc(CN)ccc21. The van der Waals surface area contributed by atoms with Gasteiger partial charge in [0.05, 0.1) is 0 Å². The second kappa shape index (κ2) is 4.71. The summed E-state index contributed by atoms with van der Waals surface area (Å²) >= 11 is 0. The minimum atomic E-state index is 0.618. The van der Waals surface area contributed by atoms with Crippen LogP contribution in [0.25, 0.3) is 10.9 Å². The zero-order valence-electron chi connectivity index (χ0n) is 10.1. The summed E-state index contributed by atoms with van der Waals surface area (Å²) in [4.78, 5) is 0. The Morgan fingerprint density at radius 1 is 1.25 bits per heavy atom. The number of hydrogen-bond donors (Lipinski definition) is 1. The molecule has 2 nitrogen and oxygen atoms in total. The Morgan fingerprint density at radius 3 is 2.75 bits per heavy atom. The van der Waals surface area contributed by atoms with Crippen LogP contribution in [0.2, 0.25) is 0 Å². The number of benzene rings is 1. The van der Waals surface area contributed by atoms with Gasteiger partial charge in [0.2, 0.25) is 0 Å². The molecule has 2 aromatic rings. The summed E-state index contributed by atoms with van der Waals surface area (Å²) in [6.07, 6.45) is 3.40. The first-order valence-electron chi connectivity index (χ1n) is 5.98. The fourth-order valence-corrected chi connectivity index (χ4v) is 1.97. The molecule has 86 valence electrons. The number of aromatic nitrogens is 1. The van der Waals surface area contributed by atoms with E-state index < -0.39 is 0 Å². The molecule has 0 spiro atoms. The van der Waals surface area contributed by atoms with Crippen molar-refractivity contribution in [3.63, 3.8) is 0 Å². The molecule has 0 amide bonds. The number of nitrogens with two attached hydrogens (primary N) is 1. The molecular weight excluding hydrogens is 196 g/mol. The molecule has 0 saturated heterocycles. The molecule has 2 N–H and O–H groups in total. The summed E-state index contributed by atoms with van der Waals surface area (Å²) in [5, 5.41) is 1.30. The van der Waals surface area contributed by atoms with Gasteiger partial charge in [-0.1, -0.05) is 19.9 Å². The summed E-state index contributed by atoms with van der Waals surface area (Å²) in [6.45, 7) is 6.24. The number of hydrogen-bond acceptors (Lipinski definition) is 1. The van der Waals surface area contributed by atoms with Gasteiger partial charge in [-0.15, -0.1) is 0 Å². The predicted molar refractivity (Wildman–Crippen MR) is 69.3 cm³/mol. The second-order valence-electron chi connectivity index (χ2n) is 4.79. The molecule has 0 saturated carbocycles. The third-order valence-corrected chi connectivity index (χ3v) is 3.02. The van der Waals surface area contributed by atoms with Crippen molar-refractivity contribution in [3.8, 4) is 0 Å². The van der Waals surface area contributed by atoms with Crippen LogP contribution in [0, 0.1) is 5.92 Å². The van der Waals surface area contributed by atoms with E-state index in [1.54, 1.807) is 0 Å². The number of nitrogens with zero attached hydrogens (tertiary/aromatic N) is 1. The first kappa shape index (κ1) is 11.2. The van der Waals surface area contributed by atoms with E-state index in [0.717, 1.165) is 12.5 Å². The smallest absolute Gasteiger partial charge is 0.0480 e. The molecule has 0 aliphatic carbocycles. The number of fused-ring (bicyclic) bond motifs is 1. The van der Waals surface area contributed by atoms with Crippen molar-refractivity contribution in [3.05, 3.63) is 36.0 Å². The molecule has 1 aromatic carbocycles. The van der Waals surface area contributed by atoms with Crippen LogP contribution in [-0.2, 0) is 13.1 Å². The molecule has 0 bridgehead atoms. The topological polar surface area (TPSA) is 30.9 Å². The van der Waals surface area contributed by atoms with Crippen LogP contribution in [0.15, 0.2) is 30.5 Å². The molecule has 2 rings (SSSR count). The van der Waals surface area contributed by atoms with Crippen molar-refractivity contribution in [2.24, 2.45) is 11.7 Å². The summed E-state index contributed by atoms with van der Waals surface area (Å²) in [5.74, 6) is 0.751. The average molecular weight is 216 g/mol. The Bertz CT molecular complexity index is 469. The molecule has 0 unspecified atom stereocenters. The number of aryl methyl sites for hydroxylation is 1. The van der Waals surface area contributed by atoms with Crippen LogP contribution in [-0.4, -0.2) is 4.57 Å². The Balaban J connectivity index is 2.27. The lowest BCUT2D eigenvalue weighted by molar-refractivity contribution is 0.524. The van der Waals surface area contributed by atoms with E-state index in [-0.39, 0.29) is 0 Å². The second-order valence-corrected chi connectivity index (χ2v) is 4.79. The lowest BCUT2D eigenvalue weighted by Crippen LogP contribution is -2.00. The van der Waals surface area contributed by atoms with Crippen molar-refractivity contribution >= 4 is 10.9 Å². The molecule has 0 aliphatic rings. The molecule has 0 fully saturated rings. The van der Waals surface area contributed by atoms with Crippen LogP contribution < -0.4 is 5.73 Å². The van der Waals surface area contributed by atoms with Crippen molar-refractivity contribution in [2.45, 2.75) is 33.4 Å². The van der Waals surface area contributed by atoms with Crippen LogP contribution in [0.5, 0.6) is 0 Å². The molecular formula is C14H20N2. The van der Waals surface area contributed by atoms with Gasteiger partial charge in [0.1, 0.15) is 0 Å². The fourth-order valence-electron chi connectivity index (χ4n) is 1.97. The fraction of sp³-hybridized carbons (Fsp3) is 0.429. The largest absolute Gasteiger partial charge is 0.347 e. The third-order valence-electron chi connectivity index (χ3n) is 3.02. The normalized spacial score (nSPS) is 11.5. The van der Waals surface area contributed by atoms with Crippen LogP contribution in [0.1, 0.15) is 25.8 Å². The van der Waals surface area contributed by atoms with Crippen molar-refractivity contribution in [1.82, 2.24) is 4.57 Å². The van der Waals surface area contributed by atoms with E-state index in [4.69, 9.17) is 5.73 Å². The van der Waals surface area contributed by atoms with Gasteiger partial charge in [-0.05, 0) is 41.5 Å². The Hall–Kier alpha value is -1.28. The third kappa shape index (κ3) is 2.27. The van der Waals surface area contributed by atoms with Crippen LogP contribution in [0.4, 0.5) is 0 Å². The van der Waals surface area contributed by atoms with Crippen LogP contribution >= 0.6 is 0 Å². The highest BCUT2D eigenvalue weighted by molar-refractivity contribution is 5.80. The van der Waals surface area contributed by atoms with Gasteiger partial charge in [0, 0.05) is 24.8 Å². The van der Waals surface area contributed by atoms with Gasteiger partial charge in [-0.3, -0.25) is 0 Å². The standard InChI is InChI=1S/C14H20N2/c1-11(2)5-7-16-8-6-13-9-12(10-15)3-4-14(13)16/h3-4,6,8-9,11H,5,7,10,15H2,1-2H3. The molecule has 0 radical (unpaired) electrons. The van der Waals surface area contributed by atoms with Gasteiger partial charge >= 0.3 is 0 Å². The minimum Gasteiger partial charge on any atom is -0.347 e. The summed E-state index contributed by atoms with van der Waals surface area (Å²) in [7, 11) is 0. The van der Waals surface area contributed by atoms with Gasteiger partial charge in [0.15, 0.2) is 0 Å². The maximum atomic E-state index is 5.64. The van der Waals surface area contributed by atoms with E-state index in [2.05, 4.69) is 48.9 Å². The Labute approximate surface area is 97.1 Å². The molecule has 0 atom stereocenters. The Kier molecular flexibility index (Phi) is 3.30. The highest BCUT2D eigenvalue weighted by atomic mass is 14.9. The number of rotatable bonds is 4. The van der Waals surface area contributed by atoms with Crippen molar-refractivity contribution in [1.29, 1.82) is 0 Å². The summed E-state index contributed by atoms with van der Waals surface area (Å²) in [5.41, 5.74) is 8.16. The van der Waals surface area contributed by atoms with Crippen molar-refractivity contribution in [2.75, 3.05) is 0 Å². The molecule has 2 heteroatoms. The maximum absolute atomic E-state index is 5.64. The monoisotopic (exact) mass is 216 g/mol. The first-order chi connectivity index (χ1) is 7.70. The van der Waals surface area contributed by atoms with Gasteiger partial charge < -0.3 is 10.3 Å². The molecule has 0 aliphatic heterocycles. The molecule has 1 heterocycles. The molecule has 1 aromatic heterocycles. The minimum absolute atomic E-state index is 0.618. The highest BCUT2D eigenvalue weighted by Gasteiger charge is 2.02. The molecule has 16 heavy (non-hydrogen) atoms. The first-order valence-corrected chi connectivity index (χ1v) is 5.98. The van der Waals surface area contributed by atoms with E-state index in [1.807, 2.05) is 0 Å². The quantitative estimate of drug-likeness (QED) is 0.836. The van der Waals surface area contributed by atoms with Crippen molar-refractivity contribution < 1.29 is 0 Å². The van der Waals surface area contributed by atoms with E-state index in [1.165, 1.54) is 22.9 Å². The van der Waals surface area contributed by atoms with Gasteiger partial charge in [0.25, 0.3) is 0 Å². The average Bonchev–Trinajstić information content (AvgIpc) is 2.68. The zero-order chi connectivity index (χ0) is 11.5. The van der Waals surface area contributed by atoms with E-state index in [0.29, 0.717) is 6.54 Å². The van der Waals surface area contributed by atoms with E-state index in [9.17, 15) is 0 Å². The lowest BCUT2D eigenvalue weighted by Gasteiger charge is -2.08. The van der Waals surface area contributed by atoms with Gasteiger partial charge in [-0.2, -0.15) is 0 Å². The maximum Gasteiger partial charge on any atom is 0.0480 e. The zero-order valence-corrected chi connectivity index (χ0v) is 10.1.